The summed E-state index contributed by atoms with van der Waals surface area (Å²) in [6.07, 6.45) is 4.74. The molecular formula is C12H20N2O. The predicted octanol–water partition coefficient (Wildman–Crippen LogP) is 2.01. The highest BCUT2D eigenvalue weighted by Crippen LogP contribution is 2.20. The Hall–Kier alpha value is -1.09. The molecule has 0 spiro atoms. The number of nitrogens with zero attached hydrogens (tertiary/aromatic N) is 1. The summed E-state index contributed by atoms with van der Waals surface area (Å²) in [6.45, 7) is 6.87. The van der Waals surface area contributed by atoms with Crippen molar-refractivity contribution in [3.8, 4) is 5.75 Å². The van der Waals surface area contributed by atoms with Gasteiger partial charge in [-0.05, 0) is 38.8 Å². The van der Waals surface area contributed by atoms with Crippen LogP contribution in [0.5, 0.6) is 5.75 Å². The van der Waals surface area contributed by atoms with E-state index in [2.05, 4.69) is 11.9 Å². The van der Waals surface area contributed by atoms with Gasteiger partial charge in [-0.15, -0.1) is 0 Å². The number of hydrogen-bond donors (Lipinski definition) is 1. The van der Waals surface area contributed by atoms with Gasteiger partial charge in [0.2, 0.25) is 0 Å². The van der Waals surface area contributed by atoms with E-state index in [0.29, 0.717) is 12.5 Å². The van der Waals surface area contributed by atoms with Crippen molar-refractivity contribution in [1.29, 1.82) is 0 Å². The molecule has 0 saturated carbocycles. The minimum absolute atomic E-state index is 0.194. The van der Waals surface area contributed by atoms with E-state index in [4.69, 9.17) is 10.5 Å². The first-order valence-electron chi connectivity index (χ1n) is 5.43. The van der Waals surface area contributed by atoms with Gasteiger partial charge in [0.25, 0.3) is 0 Å². The molecule has 3 heteroatoms. The fourth-order valence-electron chi connectivity index (χ4n) is 1.40. The first kappa shape index (κ1) is 12.0. The van der Waals surface area contributed by atoms with Crippen molar-refractivity contribution in [2.45, 2.75) is 33.3 Å². The van der Waals surface area contributed by atoms with Crippen LogP contribution in [0.25, 0.3) is 0 Å². The zero-order chi connectivity index (χ0) is 11.3. The highest BCUT2D eigenvalue weighted by molar-refractivity contribution is 5.30. The first-order valence-corrected chi connectivity index (χ1v) is 5.43. The molecule has 3 nitrogen and oxygen atoms in total. The van der Waals surface area contributed by atoms with Gasteiger partial charge in [-0.2, -0.15) is 0 Å². The van der Waals surface area contributed by atoms with Crippen LogP contribution in [0.15, 0.2) is 18.5 Å². The Kier molecular flexibility index (Phi) is 4.56. The van der Waals surface area contributed by atoms with Crippen molar-refractivity contribution < 1.29 is 4.74 Å². The maximum Gasteiger partial charge on any atom is 0.125 e. The Morgan fingerprint density at radius 1 is 1.40 bits per heavy atom. The SMILES string of the molecule is CC(CN)Cc1cnccc1OC(C)C. The Balaban J connectivity index is 2.76. The number of pyridine rings is 1. The molecule has 0 saturated heterocycles. The topological polar surface area (TPSA) is 48.1 Å². The standard InChI is InChI=1S/C12H20N2O/c1-9(2)15-12-4-5-14-8-11(12)6-10(3)7-13/h4-5,8-10H,6-7,13H2,1-3H3. The van der Waals surface area contributed by atoms with E-state index >= 15 is 0 Å². The number of nitrogens with two attached hydrogens (primary N) is 1. The zero-order valence-corrected chi connectivity index (χ0v) is 9.73. The third-order valence-corrected chi connectivity index (χ3v) is 2.19. The van der Waals surface area contributed by atoms with Crippen LogP contribution < -0.4 is 10.5 Å². The van der Waals surface area contributed by atoms with Crippen molar-refractivity contribution in [3.63, 3.8) is 0 Å². The second-order valence-electron chi connectivity index (χ2n) is 4.20. The van der Waals surface area contributed by atoms with Gasteiger partial charge in [0.05, 0.1) is 6.10 Å². The van der Waals surface area contributed by atoms with Gasteiger partial charge >= 0.3 is 0 Å². The quantitative estimate of drug-likeness (QED) is 0.805. The fourth-order valence-corrected chi connectivity index (χ4v) is 1.40. The van der Waals surface area contributed by atoms with E-state index in [-0.39, 0.29) is 6.10 Å². The normalized spacial score (nSPS) is 12.9. The Bertz CT molecular complexity index is 299. The summed E-state index contributed by atoms with van der Waals surface area (Å²) in [5, 5.41) is 0. The lowest BCUT2D eigenvalue weighted by Crippen LogP contribution is -2.15. The maximum atomic E-state index is 5.71. The summed E-state index contributed by atoms with van der Waals surface area (Å²) in [6, 6.07) is 1.92. The average Bonchev–Trinajstić information content (AvgIpc) is 2.20. The molecule has 0 bridgehead atoms. The van der Waals surface area contributed by atoms with Gasteiger partial charge in [0.1, 0.15) is 5.75 Å². The van der Waals surface area contributed by atoms with Crippen LogP contribution >= 0.6 is 0 Å². The lowest BCUT2D eigenvalue weighted by Gasteiger charge is -2.15. The van der Waals surface area contributed by atoms with E-state index in [1.54, 1.807) is 6.20 Å². The highest BCUT2D eigenvalue weighted by Gasteiger charge is 2.08. The van der Waals surface area contributed by atoms with Crippen LogP contribution in [0, 0.1) is 5.92 Å². The molecule has 0 aromatic carbocycles. The van der Waals surface area contributed by atoms with Gasteiger partial charge in [0.15, 0.2) is 0 Å². The number of aromatic nitrogens is 1. The Morgan fingerprint density at radius 3 is 2.73 bits per heavy atom. The molecule has 15 heavy (non-hydrogen) atoms. The van der Waals surface area contributed by atoms with Gasteiger partial charge < -0.3 is 10.5 Å². The van der Waals surface area contributed by atoms with E-state index in [0.717, 1.165) is 17.7 Å². The van der Waals surface area contributed by atoms with Crippen LogP contribution in [0.4, 0.5) is 0 Å². The number of rotatable bonds is 5. The summed E-state index contributed by atoms with van der Waals surface area (Å²) >= 11 is 0. The summed E-state index contributed by atoms with van der Waals surface area (Å²) in [7, 11) is 0. The monoisotopic (exact) mass is 208 g/mol. The fraction of sp³-hybridized carbons (Fsp3) is 0.583. The average molecular weight is 208 g/mol. The summed E-state index contributed by atoms with van der Waals surface area (Å²) in [5.41, 5.74) is 6.75. The minimum Gasteiger partial charge on any atom is -0.491 e. The third kappa shape index (κ3) is 3.88. The maximum absolute atomic E-state index is 5.71. The highest BCUT2D eigenvalue weighted by atomic mass is 16.5. The van der Waals surface area contributed by atoms with E-state index in [1.807, 2.05) is 26.1 Å². The van der Waals surface area contributed by atoms with E-state index in [1.165, 1.54) is 0 Å². The van der Waals surface area contributed by atoms with Crippen LogP contribution in [-0.2, 0) is 6.42 Å². The van der Waals surface area contributed by atoms with Crippen molar-refractivity contribution >= 4 is 0 Å². The van der Waals surface area contributed by atoms with Gasteiger partial charge in [-0.25, -0.2) is 0 Å². The second kappa shape index (κ2) is 5.71. The molecular weight excluding hydrogens is 188 g/mol. The third-order valence-electron chi connectivity index (χ3n) is 2.19. The Labute approximate surface area is 91.7 Å². The summed E-state index contributed by atoms with van der Waals surface area (Å²) in [4.78, 5) is 4.12. The molecule has 1 rings (SSSR count). The molecule has 0 amide bonds. The zero-order valence-electron chi connectivity index (χ0n) is 9.73. The van der Waals surface area contributed by atoms with Crippen molar-refractivity contribution in [1.82, 2.24) is 4.98 Å². The number of hydrogen-bond acceptors (Lipinski definition) is 3. The Morgan fingerprint density at radius 2 is 2.13 bits per heavy atom. The molecule has 0 aliphatic carbocycles. The molecule has 1 heterocycles. The minimum atomic E-state index is 0.194. The van der Waals surface area contributed by atoms with Gasteiger partial charge in [-0.1, -0.05) is 6.92 Å². The molecule has 2 N–H and O–H groups in total. The molecule has 1 aromatic heterocycles. The van der Waals surface area contributed by atoms with Gasteiger partial charge in [0, 0.05) is 18.0 Å². The van der Waals surface area contributed by atoms with Crippen LogP contribution in [0.3, 0.4) is 0 Å². The summed E-state index contributed by atoms with van der Waals surface area (Å²) < 4.78 is 5.71. The molecule has 0 aliphatic heterocycles. The molecule has 84 valence electrons. The predicted molar refractivity (Wildman–Crippen MR) is 61.9 cm³/mol. The second-order valence-corrected chi connectivity index (χ2v) is 4.20. The van der Waals surface area contributed by atoms with Crippen molar-refractivity contribution in [2.75, 3.05) is 6.54 Å². The van der Waals surface area contributed by atoms with Crippen LogP contribution in [-0.4, -0.2) is 17.6 Å². The number of ether oxygens (including phenoxy) is 1. The molecule has 1 atom stereocenters. The van der Waals surface area contributed by atoms with Gasteiger partial charge in [-0.3, -0.25) is 4.98 Å². The molecule has 1 aromatic rings. The van der Waals surface area contributed by atoms with Crippen LogP contribution in [0.2, 0.25) is 0 Å². The lowest BCUT2D eigenvalue weighted by atomic mass is 10.0. The van der Waals surface area contributed by atoms with Crippen molar-refractivity contribution in [2.24, 2.45) is 11.7 Å². The summed E-state index contributed by atoms with van der Waals surface area (Å²) in [5.74, 6) is 1.39. The smallest absolute Gasteiger partial charge is 0.125 e. The van der Waals surface area contributed by atoms with E-state index in [9.17, 15) is 0 Å². The first-order chi connectivity index (χ1) is 7.13. The lowest BCUT2D eigenvalue weighted by molar-refractivity contribution is 0.239. The molecule has 0 fully saturated rings. The van der Waals surface area contributed by atoms with E-state index < -0.39 is 0 Å². The van der Waals surface area contributed by atoms with Crippen LogP contribution in [0.1, 0.15) is 26.3 Å². The largest absolute Gasteiger partial charge is 0.491 e. The molecule has 0 aliphatic rings. The molecule has 0 radical (unpaired) electrons. The van der Waals surface area contributed by atoms with Crippen molar-refractivity contribution in [3.05, 3.63) is 24.0 Å². The molecule has 1 unspecified atom stereocenters.